The predicted molar refractivity (Wildman–Crippen MR) is 91.6 cm³/mol. The van der Waals surface area contributed by atoms with Gasteiger partial charge in [0.1, 0.15) is 17.5 Å². The molecule has 0 aromatic heterocycles. The Bertz CT molecular complexity index is 638. The Morgan fingerprint density at radius 3 is 2.16 bits per heavy atom. The molecule has 0 aliphatic carbocycles. The second-order valence-electron chi connectivity index (χ2n) is 6.19. The van der Waals surface area contributed by atoms with Gasteiger partial charge in [0, 0.05) is 0 Å². The highest BCUT2D eigenvalue weighted by Crippen LogP contribution is 2.43. The topological polar surface area (TPSA) is 133 Å². The molecule has 0 aliphatic rings. The first-order valence-corrected chi connectivity index (χ1v) is 9.44. The molecule has 0 saturated carbocycles. The van der Waals surface area contributed by atoms with Crippen molar-refractivity contribution < 1.29 is 33.8 Å². The van der Waals surface area contributed by atoms with Crippen LogP contribution in [0, 0.1) is 5.92 Å². The van der Waals surface area contributed by atoms with Crippen LogP contribution in [0.15, 0.2) is 24.3 Å². The molecule has 140 valence electrons. The van der Waals surface area contributed by atoms with Crippen molar-refractivity contribution in [2.24, 2.45) is 5.92 Å². The average Bonchev–Trinajstić information content (AvgIpc) is 2.50. The molecule has 1 aromatic rings. The number of amides is 1. The van der Waals surface area contributed by atoms with E-state index in [0.29, 0.717) is 11.3 Å². The van der Waals surface area contributed by atoms with Crippen LogP contribution >= 0.6 is 7.60 Å². The number of methoxy groups -OCH3 is 1. The van der Waals surface area contributed by atoms with Gasteiger partial charge in [-0.1, -0.05) is 26.0 Å². The summed E-state index contributed by atoms with van der Waals surface area (Å²) in [5.41, 5.74) is -1.13. The van der Waals surface area contributed by atoms with E-state index in [0.717, 1.165) is 0 Å². The van der Waals surface area contributed by atoms with Crippen LogP contribution in [0.25, 0.3) is 0 Å². The minimum absolute atomic E-state index is 0.00324. The van der Waals surface area contributed by atoms with Gasteiger partial charge in [-0.15, -0.1) is 0 Å². The second-order valence-corrected chi connectivity index (χ2v) is 7.99. The quantitative estimate of drug-likeness (QED) is 0.481. The Kier molecular flexibility index (Phi) is 7.60. The first-order valence-electron chi connectivity index (χ1n) is 7.76. The van der Waals surface area contributed by atoms with E-state index < -0.39 is 31.2 Å². The van der Waals surface area contributed by atoms with E-state index in [2.05, 4.69) is 5.32 Å². The van der Waals surface area contributed by atoms with Crippen LogP contribution in [-0.4, -0.2) is 45.6 Å². The number of nitrogens with one attached hydrogen (secondary N) is 1. The number of rotatable bonds is 9. The summed E-state index contributed by atoms with van der Waals surface area (Å²) >= 11 is 0. The van der Waals surface area contributed by atoms with E-state index in [1.165, 1.54) is 7.11 Å². The third kappa shape index (κ3) is 6.86. The zero-order chi connectivity index (χ0) is 19.2. The third-order valence-electron chi connectivity index (χ3n) is 3.62. The van der Waals surface area contributed by atoms with Crippen LogP contribution in [-0.2, 0) is 20.6 Å². The fourth-order valence-electron chi connectivity index (χ4n) is 2.31. The molecule has 0 spiro atoms. The summed E-state index contributed by atoms with van der Waals surface area (Å²) < 4.78 is 16.7. The predicted octanol–water partition coefficient (Wildman–Crippen LogP) is 1.40. The molecule has 1 amide bonds. The Hall–Kier alpha value is -1.89. The van der Waals surface area contributed by atoms with Gasteiger partial charge in [0.2, 0.25) is 5.91 Å². The third-order valence-corrected chi connectivity index (χ3v) is 4.85. The molecule has 0 bridgehead atoms. The summed E-state index contributed by atoms with van der Waals surface area (Å²) in [6, 6.07) is 5.22. The largest absolute Gasteiger partial charge is 0.497 e. The molecule has 0 heterocycles. The highest BCUT2D eigenvalue weighted by atomic mass is 31.2. The van der Waals surface area contributed by atoms with Crippen LogP contribution in [0.5, 0.6) is 5.75 Å². The molecule has 4 N–H and O–H groups in total. The summed E-state index contributed by atoms with van der Waals surface area (Å²) in [6.45, 7) is 3.58. The number of carbonyl (C=O) groups is 2. The number of carboxylic acids is 1. The lowest BCUT2D eigenvalue weighted by Gasteiger charge is -2.22. The van der Waals surface area contributed by atoms with Gasteiger partial charge >= 0.3 is 13.6 Å². The van der Waals surface area contributed by atoms with E-state index in [1.807, 2.05) is 0 Å². The molecule has 0 radical (unpaired) electrons. The van der Waals surface area contributed by atoms with Crippen molar-refractivity contribution in [3.8, 4) is 5.75 Å². The van der Waals surface area contributed by atoms with Gasteiger partial charge in [0.15, 0.2) is 0 Å². The van der Waals surface area contributed by atoms with Gasteiger partial charge in [-0.05, 0) is 36.5 Å². The van der Waals surface area contributed by atoms with Crippen molar-refractivity contribution >= 4 is 19.5 Å². The molecule has 0 fully saturated rings. The molecule has 8 nitrogen and oxygen atoms in total. The van der Waals surface area contributed by atoms with E-state index in [9.17, 15) is 29.0 Å². The standard InChI is InChI=1S/C16H24NO7P/c1-10(2)8-13(16(19)20)17-15(18)14(25(21,22)23)9-11-4-6-12(24-3)7-5-11/h4-7,10,13-14H,8-9H2,1-3H3,(H,17,18)(H,19,20)(H2,21,22,23)/t13-,14?/m0/s1. The number of benzene rings is 1. The maximum Gasteiger partial charge on any atom is 0.338 e. The molecule has 1 rings (SSSR count). The number of hydrogen-bond acceptors (Lipinski definition) is 4. The first kappa shape index (κ1) is 21.2. The van der Waals surface area contributed by atoms with Gasteiger partial charge in [0.25, 0.3) is 0 Å². The Labute approximate surface area is 146 Å². The van der Waals surface area contributed by atoms with Crippen molar-refractivity contribution in [2.45, 2.75) is 38.4 Å². The number of carbonyl (C=O) groups excluding carboxylic acids is 1. The van der Waals surface area contributed by atoms with Crippen LogP contribution < -0.4 is 10.1 Å². The zero-order valence-electron chi connectivity index (χ0n) is 14.4. The van der Waals surface area contributed by atoms with Gasteiger partial charge < -0.3 is 24.9 Å². The maximum atomic E-state index is 12.3. The lowest BCUT2D eigenvalue weighted by Crippen LogP contribution is -2.46. The van der Waals surface area contributed by atoms with Crippen molar-refractivity contribution in [3.63, 3.8) is 0 Å². The Balaban J connectivity index is 2.95. The molecule has 25 heavy (non-hydrogen) atoms. The molecular weight excluding hydrogens is 349 g/mol. The van der Waals surface area contributed by atoms with Crippen LogP contribution in [0.3, 0.4) is 0 Å². The average molecular weight is 373 g/mol. The number of ether oxygens (including phenoxy) is 1. The molecule has 2 atom stereocenters. The Morgan fingerprint density at radius 1 is 1.20 bits per heavy atom. The smallest absolute Gasteiger partial charge is 0.338 e. The summed E-state index contributed by atoms with van der Waals surface area (Å²) in [6.07, 6.45) is -0.0500. The summed E-state index contributed by atoms with van der Waals surface area (Å²) in [5.74, 6) is -1.64. The van der Waals surface area contributed by atoms with E-state index in [1.54, 1.807) is 38.1 Å². The van der Waals surface area contributed by atoms with E-state index in [4.69, 9.17) is 4.74 Å². The van der Waals surface area contributed by atoms with Crippen LogP contribution in [0.1, 0.15) is 25.8 Å². The Morgan fingerprint density at radius 2 is 1.76 bits per heavy atom. The highest BCUT2D eigenvalue weighted by molar-refractivity contribution is 7.53. The minimum Gasteiger partial charge on any atom is -0.497 e. The molecule has 0 saturated heterocycles. The monoisotopic (exact) mass is 373 g/mol. The SMILES string of the molecule is COc1ccc(CC(C(=O)N[C@@H](CC(C)C)C(=O)O)P(=O)(O)O)cc1. The number of aliphatic carboxylic acids is 1. The van der Waals surface area contributed by atoms with Crippen molar-refractivity contribution in [3.05, 3.63) is 29.8 Å². The lowest BCUT2D eigenvalue weighted by molar-refractivity contribution is -0.142. The summed E-state index contributed by atoms with van der Waals surface area (Å²) in [4.78, 5) is 42.6. The summed E-state index contributed by atoms with van der Waals surface area (Å²) in [7, 11) is -3.29. The molecule has 1 unspecified atom stereocenters. The van der Waals surface area contributed by atoms with E-state index in [-0.39, 0.29) is 18.8 Å². The summed E-state index contributed by atoms with van der Waals surface area (Å²) in [5, 5.41) is 11.4. The molecule has 9 heteroatoms. The zero-order valence-corrected chi connectivity index (χ0v) is 15.3. The van der Waals surface area contributed by atoms with Crippen molar-refractivity contribution in [2.75, 3.05) is 7.11 Å². The number of carboxylic acid groups (broad SMARTS) is 1. The van der Waals surface area contributed by atoms with Crippen molar-refractivity contribution in [1.29, 1.82) is 0 Å². The fourth-order valence-corrected chi connectivity index (χ4v) is 3.14. The lowest BCUT2D eigenvalue weighted by atomic mass is 10.0. The minimum atomic E-state index is -4.77. The normalized spacial score (nSPS) is 14.0. The van der Waals surface area contributed by atoms with Gasteiger partial charge in [-0.2, -0.15) is 0 Å². The molecule has 0 aliphatic heterocycles. The highest BCUT2D eigenvalue weighted by Gasteiger charge is 2.37. The number of hydrogen-bond donors (Lipinski definition) is 4. The van der Waals surface area contributed by atoms with Crippen LogP contribution in [0.4, 0.5) is 0 Å². The van der Waals surface area contributed by atoms with Crippen LogP contribution in [0.2, 0.25) is 0 Å². The molecule has 1 aromatic carbocycles. The van der Waals surface area contributed by atoms with Gasteiger partial charge in [-0.3, -0.25) is 9.36 Å². The van der Waals surface area contributed by atoms with Gasteiger partial charge in [-0.25, -0.2) is 4.79 Å². The first-order chi connectivity index (χ1) is 11.5. The maximum absolute atomic E-state index is 12.3. The van der Waals surface area contributed by atoms with Gasteiger partial charge in [0.05, 0.1) is 7.11 Å². The second kappa shape index (κ2) is 8.99. The van der Waals surface area contributed by atoms with E-state index >= 15 is 0 Å². The molecular formula is C16H24NO7P. The van der Waals surface area contributed by atoms with Crippen molar-refractivity contribution in [1.82, 2.24) is 5.32 Å². The fraction of sp³-hybridized carbons (Fsp3) is 0.500.